The van der Waals surface area contributed by atoms with Crippen LogP contribution in [0.1, 0.15) is 27.7 Å². The van der Waals surface area contributed by atoms with Gasteiger partial charge in [-0.3, -0.25) is 0 Å². The fraction of sp³-hybridized carbons (Fsp3) is 1.00. The molecule has 1 rings (SSSR count). The molecule has 66 valence electrons. The molecule has 0 aliphatic carbocycles. The molecular formula is C10H21N. The van der Waals surface area contributed by atoms with E-state index < -0.39 is 0 Å². The van der Waals surface area contributed by atoms with Gasteiger partial charge in [0.2, 0.25) is 0 Å². The lowest BCUT2D eigenvalue weighted by molar-refractivity contribution is 0.0579. The van der Waals surface area contributed by atoms with E-state index in [1.807, 2.05) is 0 Å². The number of rotatable bonds is 3. The Balaban J connectivity index is 2.09. The number of hydrogen-bond donors (Lipinski definition) is 0. The van der Waals surface area contributed by atoms with Crippen LogP contribution in [0.5, 0.6) is 0 Å². The molecule has 1 nitrogen and oxygen atoms in total. The number of nitrogens with zero attached hydrogens (tertiary/aromatic N) is 1. The maximum absolute atomic E-state index is 2.56. The van der Waals surface area contributed by atoms with Crippen molar-refractivity contribution in [1.29, 1.82) is 0 Å². The third-order valence-electron chi connectivity index (χ3n) is 2.55. The molecule has 1 aliphatic heterocycles. The summed E-state index contributed by atoms with van der Waals surface area (Å²) < 4.78 is 0. The van der Waals surface area contributed by atoms with E-state index in [0.717, 1.165) is 17.8 Å². The highest BCUT2D eigenvalue weighted by Crippen LogP contribution is 2.23. The Morgan fingerprint density at radius 3 is 2.09 bits per heavy atom. The molecule has 0 amide bonds. The van der Waals surface area contributed by atoms with E-state index in [1.165, 1.54) is 19.6 Å². The monoisotopic (exact) mass is 155 g/mol. The van der Waals surface area contributed by atoms with Gasteiger partial charge in [0, 0.05) is 19.6 Å². The van der Waals surface area contributed by atoms with Crippen molar-refractivity contribution in [1.82, 2.24) is 4.90 Å². The highest BCUT2D eigenvalue weighted by atomic mass is 15.2. The molecule has 0 N–H and O–H groups in total. The molecular weight excluding hydrogens is 134 g/mol. The van der Waals surface area contributed by atoms with Gasteiger partial charge in [0.15, 0.2) is 0 Å². The Labute approximate surface area is 70.8 Å². The third kappa shape index (κ3) is 2.48. The minimum atomic E-state index is 0.836. The van der Waals surface area contributed by atoms with Crippen molar-refractivity contribution in [3.05, 3.63) is 0 Å². The van der Waals surface area contributed by atoms with Crippen molar-refractivity contribution in [2.75, 3.05) is 19.6 Å². The first kappa shape index (κ1) is 9.05. The maximum Gasteiger partial charge on any atom is 0.00246 e. The molecule has 0 aromatic heterocycles. The van der Waals surface area contributed by atoms with Crippen LogP contribution < -0.4 is 0 Å². The minimum absolute atomic E-state index is 0.836. The predicted octanol–water partition coefficient (Wildman–Crippen LogP) is 2.23. The molecule has 1 heterocycles. The fourth-order valence-electron chi connectivity index (χ4n) is 1.70. The van der Waals surface area contributed by atoms with E-state index in [-0.39, 0.29) is 0 Å². The predicted molar refractivity (Wildman–Crippen MR) is 49.6 cm³/mol. The zero-order valence-electron chi connectivity index (χ0n) is 8.30. The SMILES string of the molecule is CC(C)CN1CC(C(C)C)C1. The van der Waals surface area contributed by atoms with Gasteiger partial charge in [0.05, 0.1) is 0 Å². The van der Waals surface area contributed by atoms with E-state index >= 15 is 0 Å². The molecule has 0 aromatic rings. The van der Waals surface area contributed by atoms with Crippen molar-refractivity contribution >= 4 is 0 Å². The molecule has 0 saturated carbocycles. The van der Waals surface area contributed by atoms with Crippen LogP contribution in [0.2, 0.25) is 0 Å². The molecule has 0 aromatic carbocycles. The van der Waals surface area contributed by atoms with Crippen LogP contribution in [0.3, 0.4) is 0 Å². The third-order valence-corrected chi connectivity index (χ3v) is 2.55. The van der Waals surface area contributed by atoms with Gasteiger partial charge in [-0.25, -0.2) is 0 Å². The lowest BCUT2D eigenvalue weighted by atomic mass is 9.88. The van der Waals surface area contributed by atoms with E-state index in [4.69, 9.17) is 0 Å². The van der Waals surface area contributed by atoms with E-state index in [1.54, 1.807) is 0 Å². The van der Waals surface area contributed by atoms with Crippen LogP contribution in [0.4, 0.5) is 0 Å². The molecule has 0 unspecified atom stereocenters. The van der Waals surface area contributed by atoms with Crippen molar-refractivity contribution in [2.24, 2.45) is 17.8 Å². The second-order valence-electron chi connectivity index (χ2n) is 4.62. The van der Waals surface area contributed by atoms with Crippen LogP contribution >= 0.6 is 0 Å². The van der Waals surface area contributed by atoms with E-state index in [9.17, 15) is 0 Å². The van der Waals surface area contributed by atoms with E-state index in [0.29, 0.717) is 0 Å². The Kier molecular flexibility index (Phi) is 2.94. The van der Waals surface area contributed by atoms with Crippen LogP contribution in [0.25, 0.3) is 0 Å². The highest BCUT2D eigenvalue weighted by molar-refractivity contribution is 4.81. The smallest absolute Gasteiger partial charge is 0.00246 e. The summed E-state index contributed by atoms with van der Waals surface area (Å²) in [5, 5.41) is 0. The topological polar surface area (TPSA) is 3.24 Å². The van der Waals surface area contributed by atoms with Gasteiger partial charge >= 0.3 is 0 Å². The zero-order chi connectivity index (χ0) is 8.43. The molecule has 0 bridgehead atoms. The Morgan fingerprint density at radius 1 is 1.18 bits per heavy atom. The largest absolute Gasteiger partial charge is 0.302 e. The second kappa shape index (κ2) is 3.57. The van der Waals surface area contributed by atoms with Crippen LogP contribution in [0, 0.1) is 17.8 Å². The van der Waals surface area contributed by atoms with Crippen LogP contribution in [-0.4, -0.2) is 24.5 Å². The average molecular weight is 155 g/mol. The second-order valence-corrected chi connectivity index (χ2v) is 4.62. The first-order chi connectivity index (χ1) is 5.09. The highest BCUT2D eigenvalue weighted by Gasteiger charge is 2.28. The zero-order valence-corrected chi connectivity index (χ0v) is 8.30. The molecule has 0 radical (unpaired) electrons. The normalized spacial score (nSPS) is 21.3. The van der Waals surface area contributed by atoms with E-state index in [2.05, 4.69) is 32.6 Å². The van der Waals surface area contributed by atoms with Gasteiger partial charge < -0.3 is 4.90 Å². The summed E-state index contributed by atoms with van der Waals surface area (Å²) >= 11 is 0. The lowest BCUT2D eigenvalue weighted by Gasteiger charge is -2.42. The summed E-state index contributed by atoms with van der Waals surface area (Å²) in [5.41, 5.74) is 0. The van der Waals surface area contributed by atoms with Gasteiger partial charge in [-0.2, -0.15) is 0 Å². The van der Waals surface area contributed by atoms with Crippen molar-refractivity contribution in [2.45, 2.75) is 27.7 Å². The van der Waals surface area contributed by atoms with Crippen molar-refractivity contribution < 1.29 is 0 Å². The summed E-state index contributed by atoms with van der Waals surface area (Å²) in [6.07, 6.45) is 0. The molecule has 1 aliphatic rings. The molecule has 11 heavy (non-hydrogen) atoms. The van der Waals surface area contributed by atoms with Crippen molar-refractivity contribution in [3.8, 4) is 0 Å². The first-order valence-electron chi connectivity index (χ1n) is 4.82. The number of hydrogen-bond acceptors (Lipinski definition) is 1. The summed E-state index contributed by atoms with van der Waals surface area (Å²) in [6.45, 7) is 13.2. The van der Waals surface area contributed by atoms with Gasteiger partial charge in [-0.15, -0.1) is 0 Å². The lowest BCUT2D eigenvalue weighted by Crippen LogP contribution is -2.50. The first-order valence-corrected chi connectivity index (χ1v) is 4.82. The molecule has 0 atom stereocenters. The molecule has 1 heteroatoms. The van der Waals surface area contributed by atoms with Gasteiger partial charge in [-0.1, -0.05) is 27.7 Å². The minimum Gasteiger partial charge on any atom is -0.302 e. The summed E-state index contributed by atoms with van der Waals surface area (Å²) in [7, 11) is 0. The Bertz CT molecular complexity index is 112. The molecule has 0 spiro atoms. The average Bonchev–Trinajstić information content (AvgIpc) is 1.75. The summed E-state index contributed by atoms with van der Waals surface area (Å²) in [5.74, 6) is 2.70. The van der Waals surface area contributed by atoms with Gasteiger partial charge in [0.1, 0.15) is 0 Å². The Morgan fingerprint density at radius 2 is 1.73 bits per heavy atom. The molecule has 1 fully saturated rings. The standard InChI is InChI=1S/C10H21N/c1-8(2)5-11-6-10(7-11)9(3)4/h8-10H,5-7H2,1-4H3. The fourth-order valence-corrected chi connectivity index (χ4v) is 1.70. The maximum atomic E-state index is 2.56. The van der Waals surface area contributed by atoms with Crippen LogP contribution in [0.15, 0.2) is 0 Å². The Hall–Kier alpha value is -0.0400. The summed E-state index contributed by atoms with van der Waals surface area (Å²) in [6, 6.07) is 0. The number of likely N-dealkylation sites (tertiary alicyclic amines) is 1. The van der Waals surface area contributed by atoms with Gasteiger partial charge in [0.25, 0.3) is 0 Å². The van der Waals surface area contributed by atoms with Crippen molar-refractivity contribution in [3.63, 3.8) is 0 Å². The van der Waals surface area contributed by atoms with Gasteiger partial charge in [-0.05, 0) is 17.8 Å². The summed E-state index contributed by atoms with van der Waals surface area (Å²) in [4.78, 5) is 2.56. The quantitative estimate of drug-likeness (QED) is 0.604. The molecule has 1 saturated heterocycles. The van der Waals surface area contributed by atoms with Crippen LogP contribution in [-0.2, 0) is 0 Å².